The number of aromatic nitrogens is 1. The van der Waals surface area contributed by atoms with Crippen LogP contribution in [-0.2, 0) is 4.79 Å². The van der Waals surface area contributed by atoms with Gasteiger partial charge in [-0.15, -0.1) is 0 Å². The van der Waals surface area contributed by atoms with Crippen molar-refractivity contribution < 1.29 is 9.90 Å². The van der Waals surface area contributed by atoms with Crippen LogP contribution in [0.25, 0.3) is 5.76 Å². The summed E-state index contributed by atoms with van der Waals surface area (Å²) in [5.74, 6) is 0.0405. The predicted octanol–water partition coefficient (Wildman–Crippen LogP) is 4.90. The first-order chi connectivity index (χ1) is 13.1. The number of para-hydroxylation sites is 2. The second kappa shape index (κ2) is 7.25. The molecule has 1 aromatic heterocycles. The fourth-order valence-electron chi connectivity index (χ4n) is 3.05. The summed E-state index contributed by atoms with van der Waals surface area (Å²) >= 11 is 3.32. The van der Waals surface area contributed by atoms with Crippen molar-refractivity contribution in [3.05, 3.63) is 88.5 Å². The maximum absolute atomic E-state index is 12.8. The molecule has 0 fully saturated rings. The van der Waals surface area contributed by atoms with E-state index in [-0.39, 0.29) is 18.2 Å². The molecular formula is C21H16BrN3O2. The van der Waals surface area contributed by atoms with Gasteiger partial charge in [0.1, 0.15) is 11.6 Å². The van der Waals surface area contributed by atoms with Crippen molar-refractivity contribution in [3.63, 3.8) is 0 Å². The maximum atomic E-state index is 12.8. The van der Waals surface area contributed by atoms with Crippen molar-refractivity contribution in [2.75, 3.05) is 16.8 Å². The molecule has 2 heterocycles. The first-order valence-corrected chi connectivity index (χ1v) is 9.20. The van der Waals surface area contributed by atoms with Crippen molar-refractivity contribution >= 4 is 44.8 Å². The number of carbonyl (C=O) groups excluding carboxylic acids is 1. The van der Waals surface area contributed by atoms with Crippen LogP contribution in [0, 0.1) is 0 Å². The average molecular weight is 422 g/mol. The lowest BCUT2D eigenvalue weighted by molar-refractivity contribution is -0.112. The highest BCUT2D eigenvalue weighted by Gasteiger charge is 2.29. The third kappa shape index (κ3) is 3.44. The third-order valence-corrected chi connectivity index (χ3v) is 4.83. The minimum Gasteiger partial charge on any atom is -0.507 e. The number of benzene rings is 2. The van der Waals surface area contributed by atoms with E-state index in [0.29, 0.717) is 17.0 Å². The molecule has 6 heteroatoms. The molecule has 0 atom stereocenters. The summed E-state index contributed by atoms with van der Waals surface area (Å²) in [5.41, 5.74) is 2.73. The molecule has 0 radical (unpaired) electrons. The molecule has 0 bridgehead atoms. The SMILES string of the molecule is O=C(Nc1ccc(Br)cn1)C1=C(O)c2ccccc2N(c2ccccc2)C1. The van der Waals surface area contributed by atoms with E-state index in [1.807, 2.05) is 59.5 Å². The quantitative estimate of drug-likeness (QED) is 0.630. The summed E-state index contributed by atoms with van der Waals surface area (Å²) in [6, 6.07) is 20.8. The predicted molar refractivity (Wildman–Crippen MR) is 110 cm³/mol. The van der Waals surface area contributed by atoms with Crippen LogP contribution in [0.15, 0.2) is 83.0 Å². The molecule has 0 spiro atoms. The number of fused-ring (bicyclic) bond motifs is 1. The lowest BCUT2D eigenvalue weighted by Crippen LogP contribution is -2.31. The van der Waals surface area contributed by atoms with E-state index in [9.17, 15) is 9.90 Å². The van der Waals surface area contributed by atoms with Gasteiger partial charge in [-0.3, -0.25) is 4.79 Å². The van der Waals surface area contributed by atoms with Crippen molar-refractivity contribution in [3.8, 4) is 0 Å². The summed E-state index contributed by atoms with van der Waals surface area (Å²) in [4.78, 5) is 19.0. The molecule has 2 N–H and O–H groups in total. The zero-order valence-corrected chi connectivity index (χ0v) is 15.8. The fraction of sp³-hybridized carbons (Fsp3) is 0.0476. The van der Waals surface area contributed by atoms with E-state index in [1.54, 1.807) is 18.3 Å². The van der Waals surface area contributed by atoms with Crippen LogP contribution in [0.1, 0.15) is 5.56 Å². The number of hydrogen-bond donors (Lipinski definition) is 2. The van der Waals surface area contributed by atoms with Crippen LogP contribution in [0.5, 0.6) is 0 Å². The van der Waals surface area contributed by atoms with Gasteiger partial charge in [0.05, 0.1) is 17.8 Å². The summed E-state index contributed by atoms with van der Waals surface area (Å²) in [6.45, 7) is 0.259. The highest BCUT2D eigenvalue weighted by molar-refractivity contribution is 9.10. The van der Waals surface area contributed by atoms with Crippen molar-refractivity contribution in [1.29, 1.82) is 0 Å². The molecule has 0 unspecified atom stereocenters. The van der Waals surface area contributed by atoms with E-state index >= 15 is 0 Å². The molecule has 0 saturated heterocycles. The van der Waals surface area contributed by atoms with Gasteiger partial charge in [0, 0.05) is 21.9 Å². The van der Waals surface area contributed by atoms with Crippen molar-refractivity contribution in [1.82, 2.24) is 4.98 Å². The molecule has 1 amide bonds. The smallest absolute Gasteiger partial charge is 0.258 e. The first-order valence-electron chi connectivity index (χ1n) is 8.40. The molecule has 134 valence electrons. The molecule has 27 heavy (non-hydrogen) atoms. The van der Waals surface area contributed by atoms with Gasteiger partial charge in [-0.1, -0.05) is 30.3 Å². The van der Waals surface area contributed by atoms with E-state index in [2.05, 4.69) is 26.2 Å². The van der Waals surface area contributed by atoms with Gasteiger partial charge in [-0.05, 0) is 52.3 Å². The summed E-state index contributed by atoms with van der Waals surface area (Å²) in [6.07, 6.45) is 1.61. The Hall–Kier alpha value is -3.12. The second-order valence-corrected chi connectivity index (χ2v) is 7.00. The number of nitrogens with zero attached hydrogens (tertiary/aromatic N) is 2. The van der Waals surface area contributed by atoms with E-state index < -0.39 is 0 Å². The zero-order chi connectivity index (χ0) is 18.8. The van der Waals surface area contributed by atoms with Crippen molar-refractivity contribution in [2.24, 2.45) is 0 Å². The molecule has 1 aliphatic rings. The normalized spacial score (nSPS) is 13.3. The van der Waals surface area contributed by atoms with Gasteiger partial charge >= 0.3 is 0 Å². The number of aliphatic hydroxyl groups is 1. The van der Waals surface area contributed by atoms with Crippen LogP contribution in [0.3, 0.4) is 0 Å². The number of aliphatic hydroxyl groups excluding tert-OH is 1. The molecule has 4 rings (SSSR count). The number of amides is 1. The maximum Gasteiger partial charge on any atom is 0.258 e. The number of carbonyl (C=O) groups is 1. The highest BCUT2D eigenvalue weighted by Crippen LogP contribution is 2.38. The Morgan fingerprint density at radius 2 is 1.78 bits per heavy atom. The lowest BCUT2D eigenvalue weighted by atomic mass is 9.99. The molecule has 5 nitrogen and oxygen atoms in total. The molecule has 3 aromatic rings. The monoisotopic (exact) mass is 421 g/mol. The average Bonchev–Trinajstić information content (AvgIpc) is 2.71. The summed E-state index contributed by atoms with van der Waals surface area (Å²) in [5, 5.41) is 13.5. The Morgan fingerprint density at radius 3 is 2.52 bits per heavy atom. The van der Waals surface area contributed by atoms with Gasteiger partial charge < -0.3 is 15.3 Å². The van der Waals surface area contributed by atoms with Gasteiger partial charge in [0.25, 0.3) is 5.91 Å². The molecule has 2 aromatic carbocycles. The van der Waals surface area contributed by atoms with Crippen LogP contribution in [0.4, 0.5) is 17.2 Å². The van der Waals surface area contributed by atoms with Crippen LogP contribution in [-0.4, -0.2) is 22.5 Å². The minimum absolute atomic E-state index is 0.00704. The Labute approximate surface area is 165 Å². The molecule has 0 saturated carbocycles. The van der Waals surface area contributed by atoms with E-state index in [0.717, 1.165) is 15.8 Å². The Balaban J connectivity index is 1.72. The molecule has 1 aliphatic heterocycles. The first kappa shape index (κ1) is 17.3. The van der Waals surface area contributed by atoms with Crippen LogP contribution in [0.2, 0.25) is 0 Å². The molecular weight excluding hydrogens is 406 g/mol. The third-order valence-electron chi connectivity index (χ3n) is 4.36. The Kier molecular flexibility index (Phi) is 4.64. The Bertz CT molecular complexity index is 1020. The summed E-state index contributed by atoms with van der Waals surface area (Å²) in [7, 11) is 0. The second-order valence-electron chi connectivity index (χ2n) is 6.08. The number of pyridine rings is 1. The van der Waals surface area contributed by atoms with Crippen LogP contribution < -0.4 is 10.2 Å². The Morgan fingerprint density at radius 1 is 1.04 bits per heavy atom. The van der Waals surface area contributed by atoms with Gasteiger partial charge in [0.2, 0.25) is 0 Å². The topological polar surface area (TPSA) is 65.5 Å². The van der Waals surface area contributed by atoms with Gasteiger partial charge in [-0.2, -0.15) is 0 Å². The number of nitrogens with one attached hydrogen (secondary N) is 1. The van der Waals surface area contributed by atoms with Crippen LogP contribution >= 0.6 is 15.9 Å². The standard InChI is InChI=1S/C21H16BrN3O2/c22-14-10-11-19(23-12-14)24-21(27)17-13-25(15-6-2-1-3-7-15)18-9-5-4-8-16(18)20(17)26/h1-12,26H,13H2,(H,23,24,27). The van der Waals surface area contributed by atoms with Crippen molar-refractivity contribution in [2.45, 2.75) is 0 Å². The number of rotatable bonds is 3. The highest BCUT2D eigenvalue weighted by atomic mass is 79.9. The van der Waals surface area contributed by atoms with Gasteiger partial charge in [0.15, 0.2) is 0 Å². The van der Waals surface area contributed by atoms with E-state index in [1.165, 1.54) is 0 Å². The number of anilines is 3. The lowest BCUT2D eigenvalue weighted by Gasteiger charge is -2.32. The molecule has 0 aliphatic carbocycles. The zero-order valence-electron chi connectivity index (χ0n) is 14.3. The minimum atomic E-state index is -0.377. The summed E-state index contributed by atoms with van der Waals surface area (Å²) < 4.78 is 0.824. The largest absolute Gasteiger partial charge is 0.507 e. The van der Waals surface area contributed by atoms with E-state index in [4.69, 9.17) is 0 Å². The fourth-order valence-corrected chi connectivity index (χ4v) is 3.28. The van der Waals surface area contributed by atoms with Gasteiger partial charge in [-0.25, -0.2) is 4.98 Å². The number of halogens is 1. The number of hydrogen-bond acceptors (Lipinski definition) is 4.